The van der Waals surface area contributed by atoms with Gasteiger partial charge < -0.3 is 9.63 Å². The molecule has 1 aromatic heterocycles. The molecule has 0 amide bonds. The Hall–Kier alpha value is -1.23. The van der Waals surface area contributed by atoms with Crippen LogP contribution in [0.1, 0.15) is 5.76 Å². The Labute approximate surface area is 117 Å². The molecule has 0 spiro atoms. The molecule has 0 fully saturated rings. The van der Waals surface area contributed by atoms with Gasteiger partial charge >= 0.3 is 5.97 Å². The summed E-state index contributed by atoms with van der Waals surface area (Å²) >= 11 is 18.0. The molecule has 1 heterocycles. The van der Waals surface area contributed by atoms with Crippen molar-refractivity contribution in [2.24, 2.45) is 0 Å². The van der Waals surface area contributed by atoms with Crippen molar-refractivity contribution in [1.29, 1.82) is 0 Å². The summed E-state index contributed by atoms with van der Waals surface area (Å²) < 4.78 is 4.89. The van der Waals surface area contributed by atoms with Crippen molar-refractivity contribution in [3.8, 4) is 11.3 Å². The molecule has 7 heteroatoms. The largest absolute Gasteiger partial charge is 0.481 e. The Kier molecular flexibility index (Phi) is 3.80. The Bertz CT molecular complexity index is 589. The topological polar surface area (TPSA) is 63.3 Å². The fourth-order valence-corrected chi connectivity index (χ4v) is 2.25. The van der Waals surface area contributed by atoms with Gasteiger partial charge in [-0.15, -0.1) is 0 Å². The number of carboxylic acid groups (broad SMARTS) is 1. The summed E-state index contributed by atoms with van der Waals surface area (Å²) in [7, 11) is 0. The molecule has 0 aliphatic heterocycles. The van der Waals surface area contributed by atoms with E-state index in [1.54, 1.807) is 18.2 Å². The molecule has 0 radical (unpaired) electrons. The molecule has 0 atom stereocenters. The summed E-state index contributed by atoms with van der Waals surface area (Å²) in [4.78, 5) is 10.6. The number of carboxylic acids is 1. The van der Waals surface area contributed by atoms with Gasteiger partial charge in [0.2, 0.25) is 0 Å². The SMILES string of the molecule is O=C(O)Cc1onc(-c2c(Cl)cccc2Cl)c1Cl. The quantitative estimate of drug-likeness (QED) is 0.933. The van der Waals surface area contributed by atoms with Crippen LogP contribution in [0.2, 0.25) is 15.1 Å². The van der Waals surface area contributed by atoms with Crippen LogP contribution < -0.4 is 0 Å². The fourth-order valence-electron chi connectivity index (χ4n) is 1.44. The highest BCUT2D eigenvalue weighted by molar-refractivity contribution is 6.41. The highest BCUT2D eigenvalue weighted by Gasteiger charge is 2.21. The van der Waals surface area contributed by atoms with Gasteiger partial charge in [0, 0.05) is 5.56 Å². The summed E-state index contributed by atoms with van der Waals surface area (Å²) in [6.07, 6.45) is -0.353. The highest BCUT2D eigenvalue weighted by Crippen LogP contribution is 2.38. The van der Waals surface area contributed by atoms with Crippen LogP contribution in [-0.2, 0) is 11.2 Å². The van der Waals surface area contributed by atoms with E-state index in [4.69, 9.17) is 44.4 Å². The lowest BCUT2D eigenvalue weighted by atomic mass is 10.1. The van der Waals surface area contributed by atoms with Crippen molar-refractivity contribution in [2.75, 3.05) is 0 Å². The molecule has 0 bridgehead atoms. The second-order valence-electron chi connectivity index (χ2n) is 3.44. The monoisotopic (exact) mass is 305 g/mol. The van der Waals surface area contributed by atoms with E-state index in [-0.39, 0.29) is 22.9 Å². The Morgan fingerprint density at radius 3 is 2.44 bits per heavy atom. The van der Waals surface area contributed by atoms with Crippen LogP contribution in [0, 0.1) is 0 Å². The molecule has 94 valence electrons. The Balaban J connectivity index is 2.52. The zero-order valence-electron chi connectivity index (χ0n) is 8.78. The van der Waals surface area contributed by atoms with Crippen molar-refractivity contribution < 1.29 is 14.4 Å². The maximum atomic E-state index is 10.6. The Morgan fingerprint density at radius 2 is 1.89 bits per heavy atom. The maximum Gasteiger partial charge on any atom is 0.311 e. The summed E-state index contributed by atoms with van der Waals surface area (Å²) in [6, 6.07) is 4.94. The van der Waals surface area contributed by atoms with E-state index in [1.165, 1.54) is 0 Å². The first-order valence-electron chi connectivity index (χ1n) is 4.81. The summed E-state index contributed by atoms with van der Waals surface area (Å²) in [5.74, 6) is -1.000. The third kappa shape index (κ3) is 2.46. The summed E-state index contributed by atoms with van der Waals surface area (Å²) in [5, 5.41) is 13.2. The molecule has 0 saturated heterocycles. The Morgan fingerprint density at radius 1 is 1.28 bits per heavy atom. The number of hydrogen-bond donors (Lipinski definition) is 1. The molecule has 4 nitrogen and oxygen atoms in total. The first-order chi connectivity index (χ1) is 8.50. The molecule has 0 aliphatic carbocycles. The molecule has 2 aromatic rings. The molecule has 1 aromatic carbocycles. The molecule has 2 rings (SSSR count). The van der Waals surface area contributed by atoms with Gasteiger partial charge in [0.25, 0.3) is 0 Å². The number of carbonyl (C=O) groups is 1. The molecule has 0 saturated carbocycles. The zero-order chi connectivity index (χ0) is 13.3. The van der Waals surface area contributed by atoms with Gasteiger partial charge in [0.05, 0.1) is 10.0 Å². The number of hydrogen-bond acceptors (Lipinski definition) is 3. The van der Waals surface area contributed by atoms with E-state index in [2.05, 4.69) is 5.16 Å². The smallest absolute Gasteiger partial charge is 0.311 e. The predicted molar refractivity (Wildman–Crippen MR) is 68.3 cm³/mol. The van der Waals surface area contributed by atoms with Crippen molar-refractivity contribution in [2.45, 2.75) is 6.42 Å². The van der Waals surface area contributed by atoms with Crippen LogP contribution in [0.5, 0.6) is 0 Å². The van der Waals surface area contributed by atoms with Crippen molar-refractivity contribution >= 4 is 40.8 Å². The minimum atomic E-state index is -1.06. The van der Waals surface area contributed by atoms with Gasteiger partial charge in [-0.1, -0.05) is 46.0 Å². The number of benzene rings is 1. The second-order valence-corrected chi connectivity index (χ2v) is 4.63. The molecular formula is C11H6Cl3NO3. The minimum Gasteiger partial charge on any atom is -0.481 e. The van der Waals surface area contributed by atoms with Crippen molar-refractivity contribution in [3.63, 3.8) is 0 Å². The van der Waals surface area contributed by atoms with Crippen LogP contribution in [0.15, 0.2) is 22.7 Å². The molecule has 0 unspecified atom stereocenters. The number of nitrogens with zero attached hydrogens (tertiary/aromatic N) is 1. The van der Waals surface area contributed by atoms with E-state index in [0.717, 1.165) is 0 Å². The molecule has 1 N–H and O–H groups in total. The standard InChI is InChI=1S/C11H6Cl3NO3/c12-5-2-1-3-6(13)9(5)11-10(14)7(18-15-11)4-8(16)17/h1-3H,4H2,(H,16,17). The molecule has 18 heavy (non-hydrogen) atoms. The summed E-state index contributed by atoms with van der Waals surface area (Å²) in [6.45, 7) is 0. The van der Waals surface area contributed by atoms with E-state index >= 15 is 0 Å². The van der Waals surface area contributed by atoms with Crippen LogP contribution in [-0.4, -0.2) is 16.2 Å². The van der Waals surface area contributed by atoms with Gasteiger partial charge in [0.1, 0.15) is 17.1 Å². The lowest BCUT2D eigenvalue weighted by Crippen LogP contribution is -1.98. The number of aliphatic carboxylic acids is 1. The van der Waals surface area contributed by atoms with E-state index in [9.17, 15) is 4.79 Å². The van der Waals surface area contributed by atoms with Crippen molar-refractivity contribution in [3.05, 3.63) is 39.0 Å². The predicted octanol–water partition coefficient (Wildman–Crippen LogP) is 3.93. The number of halogens is 3. The van der Waals surface area contributed by atoms with Gasteiger partial charge in [-0.2, -0.15) is 0 Å². The molecular weight excluding hydrogens is 300 g/mol. The first kappa shape index (κ1) is 13.2. The lowest BCUT2D eigenvalue weighted by molar-refractivity contribution is -0.136. The zero-order valence-corrected chi connectivity index (χ0v) is 11.1. The molecule has 0 aliphatic rings. The van der Waals surface area contributed by atoms with Crippen LogP contribution >= 0.6 is 34.8 Å². The summed E-state index contributed by atoms with van der Waals surface area (Å²) in [5.41, 5.74) is 0.662. The average Bonchev–Trinajstić information content (AvgIpc) is 2.61. The van der Waals surface area contributed by atoms with Crippen molar-refractivity contribution in [1.82, 2.24) is 5.16 Å². The second kappa shape index (κ2) is 5.18. The van der Waals surface area contributed by atoms with Crippen LogP contribution in [0.4, 0.5) is 0 Å². The van der Waals surface area contributed by atoms with Crippen LogP contribution in [0.25, 0.3) is 11.3 Å². The van der Waals surface area contributed by atoms with E-state index in [0.29, 0.717) is 15.6 Å². The van der Waals surface area contributed by atoms with Gasteiger partial charge in [-0.25, -0.2) is 0 Å². The highest BCUT2D eigenvalue weighted by atomic mass is 35.5. The first-order valence-corrected chi connectivity index (χ1v) is 5.94. The third-order valence-electron chi connectivity index (χ3n) is 2.21. The van der Waals surface area contributed by atoms with Crippen LogP contribution in [0.3, 0.4) is 0 Å². The number of aromatic nitrogens is 1. The fraction of sp³-hybridized carbons (Fsp3) is 0.0909. The average molecular weight is 307 g/mol. The van der Waals surface area contributed by atoms with E-state index in [1.807, 2.05) is 0 Å². The lowest BCUT2D eigenvalue weighted by Gasteiger charge is -2.02. The normalized spacial score (nSPS) is 10.6. The van der Waals surface area contributed by atoms with E-state index < -0.39 is 5.97 Å². The third-order valence-corrected chi connectivity index (χ3v) is 3.23. The van der Waals surface area contributed by atoms with Gasteiger partial charge in [0.15, 0.2) is 5.76 Å². The van der Waals surface area contributed by atoms with Gasteiger partial charge in [-0.3, -0.25) is 4.79 Å². The minimum absolute atomic E-state index is 0.0650. The maximum absolute atomic E-state index is 10.6. The number of rotatable bonds is 3. The van der Waals surface area contributed by atoms with Gasteiger partial charge in [-0.05, 0) is 12.1 Å².